The second-order valence-electron chi connectivity index (χ2n) is 5.48. The van der Waals surface area contributed by atoms with Gasteiger partial charge >= 0.3 is 0 Å². The Labute approximate surface area is 126 Å². The topological polar surface area (TPSA) is 40.1 Å². The van der Waals surface area contributed by atoms with E-state index in [0.29, 0.717) is 0 Å². The molecule has 0 radical (unpaired) electrons. The van der Waals surface area contributed by atoms with Gasteiger partial charge in [-0.2, -0.15) is 0 Å². The van der Waals surface area contributed by atoms with Crippen LogP contribution in [0, 0.1) is 0 Å². The Balaban J connectivity index is 1.77. The molecule has 1 aromatic carbocycles. The molecule has 0 unspecified atom stereocenters. The summed E-state index contributed by atoms with van der Waals surface area (Å²) in [4.78, 5) is 9.15. The lowest BCUT2D eigenvalue weighted by atomic mass is 10.2. The van der Waals surface area contributed by atoms with Gasteiger partial charge in [0, 0.05) is 33.2 Å². The average Bonchev–Trinajstić information content (AvgIpc) is 3.08. The molecular formula is C16H24N4O. The Morgan fingerprint density at radius 3 is 2.52 bits per heavy atom. The van der Waals surface area contributed by atoms with E-state index >= 15 is 0 Å². The summed E-state index contributed by atoms with van der Waals surface area (Å²) in [6, 6.07) is 8.47. The Hall–Kier alpha value is -1.75. The van der Waals surface area contributed by atoms with Crippen molar-refractivity contribution in [2.75, 3.05) is 56.7 Å². The highest BCUT2D eigenvalue weighted by atomic mass is 16.5. The maximum absolute atomic E-state index is 5.45. The zero-order valence-electron chi connectivity index (χ0n) is 12.7. The molecule has 0 saturated carbocycles. The summed E-state index contributed by atoms with van der Waals surface area (Å²) < 4.78 is 5.45. The first-order valence-electron chi connectivity index (χ1n) is 7.79. The molecule has 2 saturated heterocycles. The highest BCUT2D eigenvalue weighted by Crippen LogP contribution is 2.27. The van der Waals surface area contributed by atoms with Gasteiger partial charge in [-0.25, -0.2) is 0 Å². The van der Waals surface area contributed by atoms with E-state index in [2.05, 4.69) is 44.4 Å². The van der Waals surface area contributed by atoms with Gasteiger partial charge in [-0.3, -0.25) is 4.99 Å². The molecular weight excluding hydrogens is 264 g/mol. The number of para-hydroxylation sites is 2. The fourth-order valence-corrected chi connectivity index (χ4v) is 2.99. The lowest BCUT2D eigenvalue weighted by Crippen LogP contribution is -2.38. The van der Waals surface area contributed by atoms with Crippen LogP contribution in [0.2, 0.25) is 0 Å². The first-order valence-corrected chi connectivity index (χ1v) is 7.79. The standard InChI is InChI=1S/C16H24N4O/c1-17-16(20-8-4-5-9-20)18-14-6-2-3-7-15(14)19-10-12-21-13-11-19/h2-3,6-7H,4-5,8-13H2,1H3,(H,17,18). The molecule has 2 aliphatic heterocycles. The van der Waals surface area contributed by atoms with E-state index in [0.717, 1.165) is 51.0 Å². The number of aliphatic imine (C=N–C) groups is 1. The van der Waals surface area contributed by atoms with Crippen molar-refractivity contribution >= 4 is 17.3 Å². The van der Waals surface area contributed by atoms with Crippen molar-refractivity contribution < 1.29 is 4.74 Å². The number of guanidine groups is 1. The summed E-state index contributed by atoms with van der Waals surface area (Å²) in [5.74, 6) is 0.980. The average molecular weight is 288 g/mol. The minimum Gasteiger partial charge on any atom is -0.378 e. The van der Waals surface area contributed by atoms with Crippen molar-refractivity contribution in [2.45, 2.75) is 12.8 Å². The maximum Gasteiger partial charge on any atom is 0.198 e. The molecule has 0 spiro atoms. The Morgan fingerprint density at radius 2 is 1.81 bits per heavy atom. The van der Waals surface area contributed by atoms with E-state index in [-0.39, 0.29) is 0 Å². The van der Waals surface area contributed by atoms with Gasteiger partial charge in [0.1, 0.15) is 0 Å². The van der Waals surface area contributed by atoms with E-state index in [1.54, 1.807) is 0 Å². The minimum absolute atomic E-state index is 0.801. The fourth-order valence-electron chi connectivity index (χ4n) is 2.99. The van der Waals surface area contributed by atoms with Gasteiger partial charge in [-0.05, 0) is 25.0 Å². The van der Waals surface area contributed by atoms with Gasteiger partial charge in [-0.1, -0.05) is 12.1 Å². The van der Waals surface area contributed by atoms with Crippen molar-refractivity contribution in [1.82, 2.24) is 4.90 Å². The predicted molar refractivity (Wildman–Crippen MR) is 87.3 cm³/mol. The van der Waals surface area contributed by atoms with Crippen LogP contribution >= 0.6 is 0 Å². The molecule has 2 fully saturated rings. The molecule has 0 amide bonds. The van der Waals surface area contributed by atoms with E-state index < -0.39 is 0 Å². The number of rotatable bonds is 2. The first kappa shape index (κ1) is 14.2. The number of nitrogens with zero attached hydrogens (tertiary/aromatic N) is 3. The van der Waals surface area contributed by atoms with Crippen molar-refractivity contribution in [3.8, 4) is 0 Å². The molecule has 1 N–H and O–H groups in total. The molecule has 0 aromatic heterocycles. The number of hydrogen-bond donors (Lipinski definition) is 1. The van der Waals surface area contributed by atoms with Crippen LogP contribution in [0.3, 0.4) is 0 Å². The molecule has 3 rings (SSSR count). The smallest absolute Gasteiger partial charge is 0.198 e. The third kappa shape index (κ3) is 3.29. The van der Waals surface area contributed by atoms with Gasteiger partial charge in [0.25, 0.3) is 0 Å². The van der Waals surface area contributed by atoms with E-state index in [1.165, 1.54) is 18.5 Å². The monoisotopic (exact) mass is 288 g/mol. The predicted octanol–water partition coefficient (Wildman–Crippen LogP) is 2.02. The van der Waals surface area contributed by atoms with Crippen LogP contribution in [0.1, 0.15) is 12.8 Å². The molecule has 0 aliphatic carbocycles. The summed E-state index contributed by atoms with van der Waals surface area (Å²) in [7, 11) is 1.86. The summed E-state index contributed by atoms with van der Waals surface area (Å²) >= 11 is 0. The van der Waals surface area contributed by atoms with Crippen LogP contribution in [0.25, 0.3) is 0 Å². The molecule has 0 atom stereocenters. The fraction of sp³-hybridized carbons (Fsp3) is 0.562. The molecule has 2 heterocycles. The molecule has 114 valence electrons. The molecule has 2 aliphatic rings. The summed E-state index contributed by atoms with van der Waals surface area (Å²) in [6.45, 7) is 5.69. The number of likely N-dealkylation sites (tertiary alicyclic amines) is 1. The van der Waals surface area contributed by atoms with Gasteiger partial charge in [0.05, 0.1) is 24.6 Å². The summed E-state index contributed by atoms with van der Waals surface area (Å²) in [5.41, 5.74) is 2.37. The van der Waals surface area contributed by atoms with E-state index in [9.17, 15) is 0 Å². The maximum atomic E-state index is 5.45. The third-order valence-electron chi connectivity index (χ3n) is 4.12. The van der Waals surface area contributed by atoms with Crippen molar-refractivity contribution in [1.29, 1.82) is 0 Å². The van der Waals surface area contributed by atoms with Crippen LogP contribution in [0.15, 0.2) is 29.3 Å². The number of morpholine rings is 1. The number of hydrogen-bond acceptors (Lipinski definition) is 3. The Kier molecular flexibility index (Phi) is 4.60. The number of nitrogens with one attached hydrogen (secondary N) is 1. The molecule has 1 aromatic rings. The van der Waals surface area contributed by atoms with Crippen LogP contribution in [0.4, 0.5) is 11.4 Å². The summed E-state index contributed by atoms with van der Waals surface area (Å²) in [6.07, 6.45) is 2.51. The van der Waals surface area contributed by atoms with Gasteiger partial charge in [0.15, 0.2) is 5.96 Å². The van der Waals surface area contributed by atoms with Gasteiger partial charge < -0.3 is 19.9 Å². The normalized spacial score (nSPS) is 20.0. The van der Waals surface area contributed by atoms with Crippen molar-refractivity contribution in [3.05, 3.63) is 24.3 Å². The van der Waals surface area contributed by atoms with Crippen LogP contribution < -0.4 is 10.2 Å². The molecule has 5 heteroatoms. The first-order chi connectivity index (χ1) is 10.4. The highest BCUT2D eigenvalue weighted by molar-refractivity contribution is 5.96. The van der Waals surface area contributed by atoms with Crippen LogP contribution in [-0.4, -0.2) is 57.3 Å². The minimum atomic E-state index is 0.801. The lowest BCUT2D eigenvalue weighted by molar-refractivity contribution is 0.123. The molecule has 5 nitrogen and oxygen atoms in total. The summed E-state index contributed by atoms with van der Waals surface area (Å²) in [5, 5.41) is 3.53. The molecule has 21 heavy (non-hydrogen) atoms. The van der Waals surface area contributed by atoms with E-state index in [4.69, 9.17) is 4.74 Å². The van der Waals surface area contributed by atoms with Gasteiger partial charge in [0.2, 0.25) is 0 Å². The lowest BCUT2D eigenvalue weighted by Gasteiger charge is -2.31. The van der Waals surface area contributed by atoms with Crippen molar-refractivity contribution in [3.63, 3.8) is 0 Å². The highest BCUT2D eigenvalue weighted by Gasteiger charge is 2.19. The van der Waals surface area contributed by atoms with E-state index in [1.807, 2.05) is 7.05 Å². The quantitative estimate of drug-likeness (QED) is 0.667. The van der Waals surface area contributed by atoms with Crippen LogP contribution in [-0.2, 0) is 4.74 Å². The van der Waals surface area contributed by atoms with Gasteiger partial charge in [-0.15, -0.1) is 0 Å². The number of ether oxygens (including phenoxy) is 1. The zero-order valence-corrected chi connectivity index (χ0v) is 12.7. The third-order valence-corrected chi connectivity index (χ3v) is 4.12. The second-order valence-corrected chi connectivity index (χ2v) is 5.48. The molecule has 0 bridgehead atoms. The van der Waals surface area contributed by atoms with Crippen molar-refractivity contribution in [2.24, 2.45) is 4.99 Å². The largest absolute Gasteiger partial charge is 0.378 e. The Bertz CT molecular complexity index is 491. The number of benzene rings is 1. The Morgan fingerprint density at radius 1 is 1.10 bits per heavy atom. The second kappa shape index (κ2) is 6.80. The zero-order chi connectivity index (χ0) is 14.5. The SMILES string of the molecule is CN=C(Nc1ccccc1N1CCOCC1)N1CCCC1. The number of anilines is 2. The van der Waals surface area contributed by atoms with Crippen LogP contribution in [0.5, 0.6) is 0 Å².